The molecule has 0 saturated carbocycles. The summed E-state index contributed by atoms with van der Waals surface area (Å²) in [6, 6.07) is 0. The van der Waals surface area contributed by atoms with Crippen LogP contribution < -0.4 is 33.0 Å². The second-order valence-corrected chi connectivity index (χ2v) is 6.94. The van der Waals surface area contributed by atoms with E-state index in [1.807, 2.05) is 0 Å². The van der Waals surface area contributed by atoms with Crippen molar-refractivity contribution < 1.29 is 4.79 Å². The third-order valence-electron chi connectivity index (χ3n) is 5.42. The molecular weight excluding hydrogens is 318 g/mol. The van der Waals surface area contributed by atoms with Crippen LogP contribution in [0.4, 0.5) is 0 Å². The highest BCUT2D eigenvalue weighted by molar-refractivity contribution is 7.21. The first-order valence-electron chi connectivity index (χ1n) is 7.14. The maximum absolute atomic E-state index is 13.0. The average Bonchev–Trinajstić information content (AvgIpc) is 2.75. The van der Waals surface area contributed by atoms with Crippen LogP contribution in [0.1, 0.15) is 5.56 Å². The molecule has 1 aliphatic carbocycles. The molecule has 0 amide bonds. The molecule has 1 aromatic carbocycles. The Balaban J connectivity index is 2.56. The number of nitrogens with two attached hydrogens (primary N) is 1. The number of hydrogen-bond acceptors (Lipinski definition) is 2. The van der Waals surface area contributed by atoms with Gasteiger partial charge in [-0.05, 0) is 10.8 Å². The number of ketones is 1. The van der Waals surface area contributed by atoms with Crippen molar-refractivity contribution in [3.63, 3.8) is 0 Å². The van der Waals surface area contributed by atoms with Gasteiger partial charge in [-0.1, -0.05) is 21.6 Å². The first-order valence-corrected chi connectivity index (χ1v) is 7.57. The summed E-state index contributed by atoms with van der Waals surface area (Å²) in [5.41, 5.74) is 3.49. The van der Waals surface area contributed by atoms with Gasteiger partial charge in [0.25, 0.3) is 6.13 Å². The molecule has 0 bridgehead atoms. The van der Waals surface area contributed by atoms with Gasteiger partial charge in [0.05, 0.1) is 29.1 Å². The summed E-state index contributed by atoms with van der Waals surface area (Å²) in [5.74, 6) is -0.835. The summed E-state index contributed by atoms with van der Waals surface area (Å²) < 4.78 is 0. The van der Waals surface area contributed by atoms with Crippen LogP contribution in [-0.4, -0.2) is 82.5 Å². The smallest absolute Gasteiger partial charge is 0.282 e. The van der Waals surface area contributed by atoms with Gasteiger partial charge in [0.1, 0.15) is 47.1 Å². The number of allylic oxidation sites excluding steroid dienone is 1. The van der Waals surface area contributed by atoms with Crippen LogP contribution in [0.5, 0.6) is 0 Å². The SMILES string of the molecule is [B]C1=C([B])C([B])([B])C2([B])B(Cl)c3c([B])c([B])c([B])c([B])c3C2(N)C1=O. The van der Waals surface area contributed by atoms with E-state index in [0.29, 0.717) is 0 Å². The van der Waals surface area contributed by atoms with Gasteiger partial charge in [-0.2, -0.15) is 11.5 Å². The van der Waals surface area contributed by atoms with Crippen LogP contribution in [0.3, 0.4) is 0 Å². The lowest BCUT2D eigenvalue weighted by atomic mass is 9.16. The molecule has 1 aliphatic heterocycles. The van der Waals surface area contributed by atoms with Crippen molar-refractivity contribution in [2.24, 2.45) is 5.73 Å². The van der Waals surface area contributed by atoms with E-state index in [4.69, 9.17) is 87.8 Å². The molecule has 18 radical (unpaired) electrons. The molecule has 1 heterocycles. The summed E-state index contributed by atoms with van der Waals surface area (Å²) in [6.07, 6.45) is -1.25. The van der Waals surface area contributed by atoms with E-state index in [9.17, 15) is 4.79 Å². The van der Waals surface area contributed by atoms with Gasteiger partial charge >= 0.3 is 0 Å². The number of benzene rings is 1. The molecule has 2 atom stereocenters. The molecular formula is C12H2B10ClNO. The molecule has 1 aromatic rings. The summed E-state index contributed by atoms with van der Waals surface area (Å²) in [5, 5.41) is -4.05. The van der Waals surface area contributed by atoms with Crippen molar-refractivity contribution in [1.29, 1.82) is 0 Å². The van der Waals surface area contributed by atoms with Gasteiger partial charge in [-0.25, -0.2) is 0 Å². The van der Waals surface area contributed by atoms with Crippen molar-refractivity contribution in [3.8, 4) is 0 Å². The van der Waals surface area contributed by atoms with E-state index < -0.39 is 33.4 Å². The van der Waals surface area contributed by atoms with Gasteiger partial charge in [-0.3, -0.25) is 4.79 Å². The topological polar surface area (TPSA) is 43.1 Å². The largest absolute Gasteiger partial charge is 0.316 e. The first kappa shape index (κ1) is 19.3. The van der Waals surface area contributed by atoms with Crippen LogP contribution >= 0.6 is 11.5 Å². The fraction of sp³-hybridized carbons (Fsp3) is 0.250. The predicted octanol–water partition coefficient (Wildman–Crippen LogP) is -6.08. The Labute approximate surface area is 164 Å². The fourth-order valence-corrected chi connectivity index (χ4v) is 4.37. The zero-order chi connectivity index (χ0) is 19.3. The zero-order valence-corrected chi connectivity index (χ0v) is 13.9. The number of carbonyl (C=O) groups excluding carboxylic acids is 1. The summed E-state index contributed by atoms with van der Waals surface area (Å²) in [7, 11) is 54.3. The molecule has 2 aliphatic rings. The maximum Gasteiger partial charge on any atom is 0.282 e. The molecule has 0 saturated heterocycles. The van der Waals surface area contributed by atoms with Crippen LogP contribution in [0.25, 0.3) is 0 Å². The molecule has 98 valence electrons. The second-order valence-electron chi connectivity index (χ2n) is 6.51. The average molecular weight is 320 g/mol. The Kier molecular flexibility index (Phi) is 4.08. The molecule has 3 rings (SSSR count). The van der Waals surface area contributed by atoms with Crippen molar-refractivity contribution in [3.05, 3.63) is 16.5 Å². The van der Waals surface area contributed by atoms with Crippen molar-refractivity contribution in [2.45, 2.75) is 16.0 Å². The Bertz CT molecular complexity index is 885. The monoisotopic (exact) mass is 321 g/mol. The van der Waals surface area contributed by atoms with Crippen LogP contribution in [0.2, 0.25) is 10.4 Å². The van der Waals surface area contributed by atoms with E-state index in [0.717, 1.165) is 0 Å². The minimum absolute atomic E-state index is 0.0000694. The molecule has 2 N–H and O–H groups in total. The Morgan fingerprint density at radius 3 is 1.88 bits per heavy atom. The quantitative estimate of drug-likeness (QED) is 0.484. The Hall–Kier alpha value is -0.471. The third-order valence-corrected chi connectivity index (χ3v) is 5.98. The zero-order valence-electron chi connectivity index (χ0n) is 13.1. The molecule has 13 heteroatoms. The van der Waals surface area contributed by atoms with Gasteiger partial charge < -0.3 is 5.73 Å². The number of halogens is 1. The van der Waals surface area contributed by atoms with Gasteiger partial charge in [0.15, 0.2) is 5.78 Å². The van der Waals surface area contributed by atoms with E-state index in [-0.39, 0.29) is 38.3 Å². The molecule has 0 aromatic heterocycles. The lowest BCUT2D eigenvalue weighted by Crippen LogP contribution is -2.65. The van der Waals surface area contributed by atoms with Crippen LogP contribution in [-0.2, 0) is 10.3 Å². The van der Waals surface area contributed by atoms with Gasteiger partial charge in [0.2, 0.25) is 0 Å². The standard InChI is InChI=1S/C12H2B10ClNO/c13-2-1-7(5(16)4(15)3(2)14)22(23)12(21)10(1,24)9(25)6(17)8(18)11(12,19)20/h24H2. The van der Waals surface area contributed by atoms with Gasteiger partial charge in [-0.15, -0.1) is 21.9 Å². The lowest BCUT2D eigenvalue weighted by Gasteiger charge is -2.58. The predicted molar refractivity (Wildman–Crippen MR) is 111 cm³/mol. The third kappa shape index (κ3) is 1.81. The maximum atomic E-state index is 13.0. The van der Waals surface area contributed by atoms with E-state index in [1.54, 1.807) is 0 Å². The highest BCUT2D eigenvalue weighted by Gasteiger charge is 2.70. The molecule has 25 heavy (non-hydrogen) atoms. The molecule has 2 unspecified atom stereocenters. The minimum atomic E-state index is -2.11. The summed E-state index contributed by atoms with van der Waals surface area (Å²) in [4.78, 5) is 13.0. The fourth-order valence-electron chi connectivity index (χ4n) is 3.79. The Morgan fingerprint density at radius 2 is 1.36 bits per heavy atom. The molecule has 0 spiro atoms. The van der Waals surface area contributed by atoms with Crippen molar-refractivity contribution in [2.75, 3.05) is 0 Å². The number of Topliss-reactive ketones (excluding diaryl/α,β-unsaturated/α-hetero) is 1. The van der Waals surface area contributed by atoms with Crippen molar-refractivity contribution >= 4 is 121 Å². The lowest BCUT2D eigenvalue weighted by molar-refractivity contribution is -0.121. The minimum Gasteiger partial charge on any atom is -0.316 e. The molecule has 0 fully saturated rings. The van der Waals surface area contributed by atoms with E-state index >= 15 is 0 Å². The normalized spacial score (nSPS) is 30.3. The molecule has 2 nitrogen and oxygen atoms in total. The number of hydrogen-bond donors (Lipinski definition) is 1. The number of fused-ring (bicyclic) bond motifs is 3. The number of rotatable bonds is 0. The first-order chi connectivity index (χ1) is 11.3. The Morgan fingerprint density at radius 1 is 0.880 bits per heavy atom. The van der Waals surface area contributed by atoms with Crippen molar-refractivity contribution in [1.82, 2.24) is 0 Å². The van der Waals surface area contributed by atoms with E-state index in [1.165, 1.54) is 0 Å². The van der Waals surface area contributed by atoms with E-state index in [2.05, 4.69) is 0 Å². The number of carbonyl (C=O) groups is 1. The highest BCUT2D eigenvalue weighted by atomic mass is 35.5. The highest BCUT2D eigenvalue weighted by Crippen LogP contribution is 2.66. The van der Waals surface area contributed by atoms with Crippen LogP contribution in [0.15, 0.2) is 10.9 Å². The summed E-state index contributed by atoms with van der Waals surface area (Å²) >= 11 is 6.54. The van der Waals surface area contributed by atoms with Crippen LogP contribution in [0, 0.1) is 0 Å². The summed E-state index contributed by atoms with van der Waals surface area (Å²) in [6.45, 7) is 0. The second kappa shape index (κ2) is 5.29. The van der Waals surface area contributed by atoms with Gasteiger partial charge in [0, 0.05) is 0 Å².